The summed E-state index contributed by atoms with van der Waals surface area (Å²) in [5.41, 5.74) is -0.0208. The molecule has 1 aliphatic rings. The molecule has 9 heteroatoms. The van der Waals surface area contributed by atoms with Gasteiger partial charge in [0.2, 0.25) is 0 Å². The second-order valence-electron chi connectivity index (χ2n) is 7.38. The molecule has 2 heterocycles. The third kappa shape index (κ3) is 3.89. The summed E-state index contributed by atoms with van der Waals surface area (Å²) in [5.74, 6) is 0.621. The molecule has 3 rings (SSSR count). The maximum atomic E-state index is 13.1. The lowest BCUT2D eigenvalue weighted by molar-refractivity contribution is 0.0192. The normalized spacial score (nSPS) is 16.5. The van der Waals surface area contributed by atoms with E-state index in [1.807, 2.05) is 0 Å². The molecule has 1 aromatic carbocycles. The van der Waals surface area contributed by atoms with Crippen LogP contribution in [0.1, 0.15) is 20.8 Å². The fourth-order valence-corrected chi connectivity index (χ4v) is 4.54. The van der Waals surface area contributed by atoms with Crippen LogP contribution < -0.4 is 4.74 Å². The van der Waals surface area contributed by atoms with Crippen molar-refractivity contribution in [1.29, 1.82) is 0 Å². The molecule has 0 saturated carbocycles. The SMILES string of the molecule is COc1cccc2c1ccn2S(=O)(=O)N1CCN(C(=O)OC(C)(C)C)CC1. The Balaban J connectivity index is 1.77. The summed E-state index contributed by atoms with van der Waals surface area (Å²) in [6.45, 7) is 6.41. The predicted octanol–water partition coefficient (Wildman–Crippen LogP) is 2.30. The molecular formula is C18H25N3O5S. The molecule has 1 amide bonds. The maximum Gasteiger partial charge on any atom is 0.410 e. The minimum atomic E-state index is -3.74. The second-order valence-corrected chi connectivity index (χ2v) is 9.18. The van der Waals surface area contributed by atoms with Crippen LogP contribution in [0, 0.1) is 0 Å². The molecule has 1 aromatic heterocycles. The Hall–Kier alpha value is -2.26. The van der Waals surface area contributed by atoms with Crippen LogP contribution in [-0.4, -0.2) is 66.6 Å². The second kappa shape index (κ2) is 7.05. The molecule has 0 atom stereocenters. The Bertz CT molecular complexity index is 938. The van der Waals surface area contributed by atoms with Crippen molar-refractivity contribution in [2.24, 2.45) is 0 Å². The zero-order valence-corrected chi connectivity index (χ0v) is 16.8. The van der Waals surface area contributed by atoms with Gasteiger partial charge < -0.3 is 14.4 Å². The number of carbonyl (C=O) groups is 1. The summed E-state index contributed by atoms with van der Waals surface area (Å²) < 4.78 is 39.5. The summed E-state index contributed by atoms with van der Waals surface area (Å²) >= 11 is 0. The molecule has 148 valence electrons. The smallest absolute Gasteiger partial charge is 0.410 e. The first kappa shape index (κ1) is 19.5. The highest BCUT2D eigenvalue weighted by Gasteiger charge is 2.32. The van der Waals surface area contributed by atoms with E-state index in [1.165, 1.54) is 19.4 Å². The topological polar surface area (TPSA) is 81.1 Å². The standard InChI is InChI=1S/C18H25N3O5S/c1-18(2,3)26-17(22)19-10-12-20(13-11-19)27(23,24)21-9-8-14-15(21)6-5-7-16(14)25-4/h5-9H,10-13H2,1-4H3. The van der Waals surface area contributed by atoms with Crippen molar-refractivity contribution in [3.63, 3.8) is 0 Å². The zero-order chi connectivity index (χ0) is 19.8. The Labute approximate surface area is 159 Å². The van der Waals surface area contributed by atoms with Crippen LogP contribution in [0.15, 0.2) is 30.5 Å². The first-order chi connectivity index (χ1) is 12.6. The molecule has 1 saturated heterocycles. The van der Waals surface area contributed by atoms with Crippen molar-refractivity contribution >= 4 is 27.2 Å². The number of nitrogens with zero attached hydrogens (tertiary/aromatic N) is 3. The molecule has 2 aromatic rings. The number of ether oxygens (including phenoxy) is 2. The number of piperazine rings is 1. The Morgan fingerprint density at radius 1 is 1.07 bits per heavy atom. The van der Waals surface area contributed by atoms with Crippen LogP contribution in [0.5, 0.6) is 5.75 Å². The van der Waals surface area contributed by atoms with E-state index in [9.17, 15) is 13.2 Å². The number of benzene rings is 1. The number of amides is 1. The zero-order valence-electron chi connectivity index (χ0n) is 16.0. The molecule has 0 bridgehead atoms. The van der Waals surface area contributed by atoms with Gasteiger partial charge >= 0.3 is 16.3 Å². The monoisotopic (exact) mass is 395 g/mol. The van der Waals surface area contributed by atoms with Crippen LogP contribution in [0.2, 0.25) is 0 Å². The van der Waals surface area contributed by atoms with Gasteiger partial charge in [0.15, 0.2) is 0 Å². The first-order valence-corrected chi connectivity index (χ1v) is 10.2. The molecule has 1 fully saturated rings. The van der Waals surface area contributed by atoms with Crippen LogP contribution >= 0.6 is 0 Å². The Kier molecular flexibility index (Phi) is 5.09. The Morgan fingerprint density at radius 3 is 2.33 bits per heavy atom. The van der Waals surface area contributed by atoms with Gasteiger partial charge in [-0.15, -0.1) is 0 Å². The first-order valence-electron chi connectivity index (χ1n) is 8.76. The van der Waals surface area contributed by atoms with Gasteiger partial charge in [-0.1, -0.05) is 6.07 Å². The van der Waals surface area contributed by atoms with Crippen molar-refractivity contribution in [2.75, 3.05) is 33.3 Å². The van der Waals surface area contributed by atoms with Gasteiger partial charge in [0.25, 0.3) is 0 Å². The minimum Gasteiger partial charge on any atom is -0.496 e. The third-order valence-corrected chi connectivity index (χ3v) is 6.18. The number of rotatable bonds is 3. The van der Waals surface area contributed by atoms with E-state index in [1.54, 1.807) is 52.1 Å². The number of methoxy groups -OCH3 is 1. The van der Waals surface area contributed by atoms with E-state index in [0.29, 0.717) is 11.3 Å². The van der Waals surface area contributed by atoms with Gasteiger partial charge in [0, 0.05) is 37.8 Å². The van der Waals surface area contributed by atoms with Crippen LogP contribution in [0.4, 0.5) is 4.79 Å². The van der Waals surface area contributed by atoms with Crippen molar-refractivity contribution < 1.29 is 22.7 Å². The number of carbonyl (C=O) groups excluding carboxylic acids is 1. The number of fused-ring (bicyclic) bond motifs is 1. The minimum absolute atomic E-state index is 0.214. The van der Waals surface area contributed by atoms with Gasteiger partial charge in [-0.25, -0.2) is 8.77 Å². The van der Waals surface area contributed by atoms with Gasteiger partial charge in [-0.2, -0.15) is 12.7 Å². The fourth-order valence-electron chi connectivity index (χ4n) is 3.05. The average Bonchev–Trinajstić information content (AvgIpc) is 3.05. The molecule has 1 aliphatic heterocycles. The van der Waals surface area contributed by atoms with E-state index in [2.05, 4.69) is 0 Å². The van der Waals surface area contributed by atoms with E-state index in [-0.39, 0.29) is 26.2 Å². The molecule has 0 unspecified atom stereocenters. The third-order valence-electron chi connectivity index (χ3n) is 4.34. The van der Waals surface area contributed by atoms with E-state index in [4.69, 9.17) is 9.47 Å². The Morgan fingerprint density at radius 2 is 1.74 bits per heavy atom. The van der Waals surface area contributed by atoms with Crippen LogP contribution in [-0.2, 0) is 14.9 Å². The lowest BCUT2D eigenvalue weighted by Crippen LogP contribution is -2.52. The highest BCUT2D eigenvalue weighted by Crippen LogP contribution is 2.28. The largest absolute Gasteiger partial charge is 0.496 e. The van der Waals surface area contributed by atoms with Gasteiger partial charge in [0.1, 0.15) is 11.4 Å². The van der Waals surface area contributed by atoms with Crippen molar-refractivity contribution in [3.8, 4) is 5.75 Å². The van der Waals surface area contributed by atoms with Crippen molar-refractivity contribution in [3.05, 3.63) is 30.5 Å². The van der Waals surface area contributed by atoms with Crippen molar-refractivity contribution in [2.45, 2.75) is 26.4 Å². The van der Waals surface area contributed by atoms with Crippen LogP contribution in [0.25, 0.3) is 10.9 Å². The van der Waals surface area contributed by atoms with Crippen molar-refractivity contribution in [1.82, 2.24) is 13.2 Å². The van der Waals surface area contributed by atoms with E-state index < -0.39 is 21.9 Å². The lowest BCUT2D eigenvalue weighted by atomic mass is 10.2. The fraction of sp³-hybridized carbons (Fsp3) is 0.500. The van der Waals surface area contributed by atoms with Gasteiger partial charge in [-0.3, -0.25) is 0 Å². The average molecular weight is 395 g/mol. The number of aromatic nitrogens is 1. The number of hydrogen-bond donors (Lipinski definition) is 0. The molecule has 8 nitrogen and oxygen atoms in total. The molecule has 27 heavy (non-hydrogen) atoms. The molecular weight excluding hydrogens is 370 g/mol. The van der Waals surface area contributed by atoms with E-state index >= 15 is 0 Å². The van der Waals surface area contributed by atoms with E-state index in [0.717, 1.165) is 5.39 Å². The molecule has 0 aliphatic carbocycles. The maximum absolute atomic E-state index is 13.1. The summed E-state index contributed by atoms with van der Waals surface area (Å²) in [6, 6.07) is 7.02. The highest BCUT2D eigenvalue weighted by molar-refractivity contribution is 7.87. The van der Waals surface area contributed by atoms with Crippen LogP contribution in [0.3, 0.4) is 0 Å². The highest BCUT2D eigenvalue weighted by atomic mass is 32.2. The molecule has 0 N–H and O–H groups in total. The molecule has 0 radical (unpaired) electrons. The quantitative estimate of drug-likeness (QED) is 0.797. The lowest BCUT2D eigenvalue weighted by Gasteiger charge is -2.35. The summed E-state index contributed by atoms with van der Waals surface area (Å²) in [5, 5.41) is 0.732. The van der Waals surface area contributed by atoms with Gasteiger partial charge in [-0.05, 0) is 39.0 Å². The predicted molar refractivity (Wildman–Crippen MR) is 102 cm³/mol. The number of hydrogen-bond acceptors (Lipinski definition) is 5. The summed E-state index contributed by atoms with van der Waals surface area (Å²) in [7, 11) is -2.19. The molecule has 0 spiro atoms. The van der Waals surface area contributed by atoms with Gasteiger partial charge in [0.05, 0.1) is 12.6 Å². The summed E-state index contributed by atoms with van der Waals surface area (Å²) in [4.78, 5) is 13.7. The summed E-state index contributed by atoms with van der Waals surface area (Å²) in [6.07, 6.45) is 1.11.